The van der Waals surface area contributed by atoms with Crippen molar-refractivity contribution in [2.75, 3.05) is 43.9 Å². The third-order valence-corrected chi connectivity index (χ3v) is 9.01. The Labute approximate surface area is 306 Å². The van der Waals surface area contributed by atoms with E-state index in [0.717, 1.165) is 26.8 Å². The number of carbonyl (C=O) groups is 6. The molecule has 18 heteroatoms. The summed E-state index contributed by atoms with van der Waals surface area (Å²) >= 11 is 0. The number of hydrogen-bond donors (Lipinski definition) is 5. The van der Waals surface area contributed by atoms with Gasteiger partial charge in [0.1, 0.15) is 11.8 Å². The van der Waals surface area contributed by atoms with Gasteiger partial charge >= 0.3 is 0 Å². The highest BCUT2D eigenvalue weighted by Crippen LogP contribution is 2.29. The Morgan fingerprint density at radius 3 is 2.13 bits per heavy atom. The normalized spacial score (nSPS) is 13.4. The van der Waals surface area contributed by atoms with E-state index in [1.807, 2.05) is 25.1 Å². The number of unbranched alkanes of at least 4 members (excludes halogenated alkanes) is 2. The molecule has 0 spiro atoms. The number of imide groups is 1. The molecule has 0 bridgehead atoms. The minimum Gasteiger partial charge on any atom is -0.378 e. The molecule has 3 aromatic rings. The van der Waals surface area contributed by atoms with Gasteiger partial charge < -0.3 is 26.0 Å². The van der Waals surface area contributed by atoms with Gasteiger partial charge in [0.05, 0.1) is 36.5 Å². The quantitative estimate of drug-likeness (QED) is 0.0448. The summed E-state index contributed by atoms with van der Waals surface area (Å²) in [6.45, 7) is 2.72. The second kappa shape index (κ2) is 19.5. The molecule has 4 rings (SSSR count). The second-order valence-corrected chi connectivity index (χ2v) is 13.8. The van der Waals surface area contributed by atoms with Crippen molar-refractivity contribution in [1.29, 1.82) is 0 Å². The Morgan fingerprint density at radius 1 is 0.792 bits per heavy atom. The summed E-state index contributed by atoms with van der Waals surface area (Å²) in [5.41, 5.74) is 3.03. The third-order valence-electron chi connectivity index (χ3n) is 8.26. The van der Waals surface area contributed by atoms with E-state index in [0.29, 0.717) is 30.5 Å². The fraction of sp³-hybridized carbons (Fsp3) is 0.429. The highest BCUT2D eigenvalue weighted by molar-refractivity contribution is 7.85. The monoisotopic (exact) mass is 753 g/mol. The molecular formula is C35H43N7O10S. The van der Waals surface area contributed by atoms with Crippen molar-refractivity contribution in [1.82, 2.24) is 30.8 Å². The van der Waals surface area contributed by atoms with E-state index in [1.165, 1.54) is 12.2 Å². The Morgan fingerprint density at radius 2 is 1.42 bits per heavy atom. The van der Waals surface area contributed by atoms with Crippen LogP contribution < -0.4 is 21.3 Å². The van der Waals surface area contributed by atoms with Crippen LogP contribution in [0.5, 0.6) is 0 Å². The average molecular weight is 754 g/mol. The molecule has 17 nitrogen and oxygen atoms in total. The Kier molecular flexibility index (Phi) is 14.9. The number of pyridine rings is 2. The fourth-order valence-electron chi connectivity index (χ4n) is 5.52. The summed E-state index contributed by atoms with van der Waals surface area (Å²) in [6.07, 6.45) is 7.22. The Hall–Kier alpha value is -5.33. The lowest BCUT2D eigenvalue weighted by atomic mass is 10.1. The van der Waals surface area contributed by atoms with E-state index in [2.05, 4.69) is 31.2 Å². The van der Waals surface area contributed by atoms with Gasteiger partial charge in [-0.3, -0.25) is 48.2 Å². The lowest BCUT2D eigenvalue weighted by molar-refractivity contribution is -0.137. The van der Waals surface area contributed by atoms with Gasteiger partial charge in [-0.05, 0) is 56.4 Å². The second-order valence-electron chi connectivity index (χ2n) is 12.3. The zero-order valence-electron chi connectivity index (χ0n) is 29.3. The van der Waals surface area contributed by atoms with Gasteiger partial charge in [0.15, 0.2) is 0 Å². The summed E-state index contributed by atoms with van der Waals surface area (Å²) in [4.78, 5) is 82.9. The number of nitrogens with zero attached hydrogens (tertiary/aromatic N) is 3. The van der Waals surface area contributed by atoms with Crippen LogP contribution in [0.3, 0.4) is 0 Å². The standard InChI is InChI=1S/C35H43N7O10S/c1-23-13-16-37-33-24(23)9-10-25-26(14-17-38-34(25)33)40-29(44)7-2-3-8-30(45)41-27(22-53(49,50)51)35(48)39-15-5-4-6-28(43)36-18-20-52-21-19-42-31(46)11-12-32(42)47/h9-14,16-17,27H,2-8,15,18-22H2,1H3,(H,36,43)(H,39,48)(H,41,45)(H,38,40,44)(H,49,50,51). The molecule has 1 aliphatic heterocycles. The van der Waals surface area contributed by atoms with Crippen LogP contribution in [0, 0.1) is 6.92 Å². The van der Waals surface area contributed by atoms with Gasteiger partial charge in [-0.15, -0.1) is 0 Å². The number of fused-ring (bicyclic) bond motifs is 3. The lowest BCUT2D eigenvalue weighted by Crippen LogP contribution is -2.50. The van der Waals surface area contributed by atoms with E-state index in [9.17, 15) is 41.7 Å². The van der Waals surface area contributed by atoms with Gasteiger partial charge in [0, 0.05) is 67.7 Å². The molecule has 0 fully saturated rings. The highest BCUT2D eigenvalue weighted by atomic mass is 32.2. The number of benzene rings is 1. The number of ether oxygens (including phenoxy) is 1. The fourth-order valence-corrected chi connectivity index (χ4v) is 6.18. The van der Waals surface area contributed by atoms with E-state index < -0.39 is 45.5 Å². The zero-order chi connectivity index (χ0) is 38.4. The first-order chi connectivity index (χ1) is 25.3. The van der Waals surface area contributed by atoms with Crippen molar-refractivity contribution in [2.24, 2.45) is 0 Å². The van der Waals surface area contributed by atoms with E-state index in [1.54, 1.807) is 18.5 Å². The maximum Gasteiger partial charge on any atom is 0.267 e. The SMILES string of the molecule is Cc1ccnc2c1ccc1c(NC(=O)CCCCC(=O)NC(CS(=O)(=O)O)C(=O)NCCCCC(=O)NCCOCCN3C(=O)C=CC3=O)ccnc12. The molecule has 0 radical (unpaired) electrons. The molecule has 0 saturated heterocycles. The zero-order valence-corrected chi connectivity index (χ0v) is 30.1. The number of carbonyl (C=O) groups excluding carboxylic acids is 6. The maximum absolute atomic E-state index is 12.7. The van der Waals surface area contributed by atoms with Crippen LogP contribution in [0.25, 0.3) is 21.8 Å². The topological polar surface area (TPSA) is 243 Å². The number of aromatic nitrogens is 2. The van der Waals surface area contributed by atoms with Crippen LogP contribution in [0.2, 0.25) is 0 Å². The summed E-state index contributed by atoms with van der Waals surface area (Å²) < 4.78 is 37.8. The number of aryl methyl sites for hydroxylation is 1. The predicted octanol–water partition coefficient (Wildman–Crippen LogP) is 1.31. The first-order valence-corrected chi connectivity index (χ1v) is 18.8. The predicted molar refractivity (Wildman–Crippen MR) is 194 cm³/mol. The van der Waals surface area contributed by atoms with Gasteiger partial charge in [-0.25, -0.2) is 0 Å². The Balaban J connectivity index is 1.10. The van der Waals surface area contributed by atoms with Crippen LogP contribution >= 0.6 is 0 Å². The maximum atomic E-state index is 12.7. The molecule has 1 aromatic carbocycles. The number of anilines is 1. The molecule has 0 aliphatic carbocycles. The molecule has 284 valence electrons. The van der Waals surface area contributed by atoms with Crippen molar-refractivity contribution in [2.45, 2.75) is 57.9 Å². The largest absolute Gasteiger partial charge is 0.378 e. The molecular weight excluding hydrogens is 710 g/mol. The average Bonchev–Trinajstić information content (AvgIpc) is 3.43. The molecule has 1 aliphatic rings. The van der Waals surface area contributed by atoms with Gasteiger partial charge in [-0.1, -0.05) is 6.07 Å². The molecule has 2 aromatic heterocycles. The van der Waals surface area contributed by atoms with E-state index >= 15 is 0 Å². The van der Waals surface area contributed by atoms with E-state index in [4.69, 9.17) is 4.74 Å². The van der Waals surface area contributed by atoms with Crippen LogP contribution in [-0.2, 0) is 43.6 Å². The summed E-state index contributed by atoms with van der Waals surface area (Å²) in [6, 6.07) is 5.88. The number of rotatable bonds is 21. The Bertz CT molecular complexity index is 1970. The highest BCUT2D eigenvalue weighted by Gasteiger charge is 2.26. The first kappa shape index (κ1) is 40.4. The van der Waals surface area contributed by atoms with Crippen molar-refractivity contribution in [3.63, 3.8) is 0 Å². The smallest absolute Gasteiger partial charge is 0.267 e. The third kappa shape index (κ3) is 12.7. The van der Waals surface area contributed by atoms with Gasteiger partial charge in [-0.2, -0.15) is 8.42 Å². The minimum atomic E-state index is -4.62. The molecule has 1 unspecified atom stereocenters. The molecule has 6 amide bonds. The van der Waals surface area contributed by atoms with Crippen LogP contribution in [0.4, 0.5) is 5.69 Å². The van der Waals surface area contributed by atoms with Crippen LogP contribution in [0.15, 0.2) is 48.8 Å². The molecule has 1 atom stereocenters. The number of amides is 6. The molecule has 3 heterocycles. The van der Waals surface area contributed by atoms with Crippen molar-refractivity contribution < 1.29 is 46.5 Å². The molecule has 0 saturated carbocycles. The molecule has 53 heavy (non-hydrogen) atoms. The van der Waals surface area contributed by atoms with E-state index in [-0.39, 0.29) is 70.3 Å². The van der Waals surface area contributed by atoms with Gasteiger partial charge in [0.2, 0.25) is 23.6 Å². The van der Waals surface area contributed by atoms with Crippen molar-refractivity contribution in [3.8, 4) is 0 Å². The molecule has 5 N–H and O–H groups in total. The van der Waals surface area contributed by atoms with Crippen molar-refractivity contribution >= 4 is 73.1 Å². The van der Waals surface area contributed by atoms with Crippen LogP contribution in [0.1, 0.15) is 50.5 Å². The number of hydrogen-bond acceptors (Lipinski definition) is 11. The summed E-state index contributed by atoms with van der Waals surface area (Å²) in [5, 5.41) is 12.1. The number of nitrogens with one attached hydrogen (secondary N) is 4. The minimum absolute atomic E-state index is 0.0874. The first-order valence-electron chi connectivity index (χ1n) is 17.2. The van der Waals surface area contributed by atoms with Crippen LogP contribution in [-0.4, -0.2) is 108 Å². The summed E-state index contributed by atoms with van der Waals surface area (Å²) in [5.74, 6) is -3.78. The lowest BCUT2D eigenvalue weighted by Gasteiger charge is -2.17. The summed E-state index contributed by atoms with van der Waals surface area (Å²) in [7, 11) is -4.62. The van der Waals surface area contributed by atoms with Crippen molar-refractivity contribution in [3.05, 3.63) is 54.4 Å². The van der Waals surface area contributed by atoms with Gasteiger partial charge in [0.25, 0.3) is 21.9 Å².